The Morgan fingerprint density at radius 1 is 0.909 bits per heavy atom. The number of hydrogen-bond acceptors (Lipinski definition) is 3. The van der Waals surface area contributed by atoms with Crippen molar-refractivity contribution in [2.24, 2.45) is 5.41 Å². The van der Waals surface area contributed by atoms with Gasteiger partial charge in [0.15, 0.2) is 0 Å². The molecule has 0 aromatic heterocycles. The lowest BCUT2D eigenvalue weighted by molar-refractivity contribution is 0.00474. The quantitative estimate of drug-likeness (QED) is 0.345. The average molecular weight is 490 g/mol. The van der Waals surface area contributed by atoms with Gasteiger partial charge in [-0.15, -0.1) is 0 Å². The van der Waals surface area contributed by atoms with E-state index in [9.17, 15) is 0 Å². The zero-order valence-electron chi connectivity index (χ0n) is 19.9. The molecule has 1 aliphatic carbocycles. The van der Waals surface area contributed by atoms with Crippen LogP contribution in [0.4, 0.5) is 5.69 Å². The van der Waals surface area contributed by atoms with Crippen molar-refractivity contribution in [1.29, 1.82) is 0 Å². The van der Waals surface area contributed by atoms with Gasteiger partial charge in [-0.2, -0.15) is 0 Å². The number of ether oxygens (including phenoxy) is 1. The van der Waals surface area contributed by atoms with E-state index in [0.717, 1.165) is 45.1 Å². The lowest BCUT2D eigenvalue weighted by Gasteiger charge is -2.37. The molecule has 2 aromatic rings. The molecule has 180 valence electrons. The fourth-order valence-corrected chi connectivity index (χ4v) is 6.09. The largest absolute Gasteiger partial charge is 0.379 e. The third kappa shape index (κ3) is 6.88. The average Bonchev–Trinajstić information content (AvgIpc) is 3.34. The van der Waals surface area contributed by atoms with Crippen molar-refractivity contribution in [2.75, 3.05) is 37.7 Å². The molecule has 1 saturated carbocycles. The monoisotopic (exact) mass is 488 g/mol. The van der Waals surface area contributed by atoms with E-state index in [1.807, 2.05) is 18.2 Å². The van der Waals surface area contributed by atoms with Crippen LogP contribution in [0.15, 0.2) is 48.5 Å². The smallest absolute Gasteiger partial charge is 0.0748 e. The van der Waals surface area contributed by atoms with Crippen LogP contribution in [0, 0.1) is 5.41 Å². The molecule has 2 fully saturated rings. The lowest BCUT2D eigenvalue weighted by atomic mass is 9.76. The first-order chi connectivity index (χ1) is 16.0. The van der Waals surface area contributed by atoms with Gasteiger partial charge in [0.05, 0.1) is 35.0 Å². The topological polar surface area (TPSA) is 15.7 Å². The van der Waals surface area contributed by atoms with Crippen molar-refractivity contribution < 1.29 is 4.74 Å². The first kappa shape index (κ1) is 24.9. The molecule has 5 heteroatoms. The van der Waals surface area contributed by atoms with Crippen LogP contribution >= 0.6 is 23.2 Å². The van der Waals surface area contributed by atoms with E-state index in [2.05, 4.69) is 47.1 Å². The second-order valence-electron chi connectivity index (χ2n) is 10.2. The Morgan fingerprint density at radius 3 is 2.24 bits per heavy atom. The SMILES string of the molecule is CC1(COCC(CN(Cc2ccccc2)c2c(Cl)cccc2Cl)N2CCCC2)CCCCC1. The second kappa shape index (κ2) is 11.9. The Labute approximate surface area is 210 Å². The van der Waals surface area contributed by atoms with Crippen molar-refractivity contribution in [3.8, 4) is 0 Å². The Hall–Kier alpha value is -1.26. The summed E-state index contributed by atoms with van der Waals surface area (Å²) >= 11 is 13.4. The first-order valence-corrected chi connectivity index (χ1v) is 13.3. The van der Waals surface area contributed by atoms with Crippen LogP contribution in [0.5, 0.6) is 0 Å². The minimum absolute atomic E-state index is 0.316. The molecule has 0 bridgehead atoms. The predicted octanol–water partition coefficient (Wildman–Crippen LogP) is 7.45. The third-order valence-corrected chi connectivity index (χ3v) is 7.99. The second-order valence-corrected chi connectivity index (χ2v) is 11.0. The van der Waals surface area contributed by atoms with E-state index in [-0.39, 0.29) is 0 Å². The Balaban J connectivity index is 1.51. The van der Waals surface area contributed by atoms with Crippen LogP contribution in [0.3, 0.4) is 0 Å². The molecule has 33 heavy (non-hydrogen) atoms. The molecular formula is C28H38Cl2N2O. The normalized spacial score (nSPS) is 19.5. The number of hydrogen-bond donors (Lipinski definition) is 0. The van der Waals surface area contributed by atoms with Crippen molar-refractivity contribution in [2.45, 2.75) is 64.5 Å². The van der Waals surface area contributed by atoms with Gasteiger partial charge in [-0.1, -0.05) is 85.8 Å². The molecule has 1 atom stereocenters. The van der Waals surface area contributed by atoms with Gasteiger partial charge in [-0.3, -0.25) is 4.90 Å². The lowest BCUT2D eigenvalue weighted by Crippen LogP contribution is -2.46. The van der Waals surface area contributed by atoms with Gasteiger partial charge in [0.25, 0.3) is 0 Å². The maximum absolute atomic E-state index is 6.69. The van der Waals surface area contributed by atoms with Crippen LogP contribution in [0.1, 0.15) is 57.4 Å². The van der Waals surface area contributed by atoms with Crippen molar-refractivity contribution in [1.82, 2.24) is 4.90 Å². The van der Waals surface area contributed by atoms with Crippen LogP contribution in [0.2, 0.25) is 10.0 Å². The predicted molar refractivity (Wildman–Crippen MR) is 141 cm³/mol. The Kier molecular flexibility index (Phi) is 8.98. The highest BCUT2D eigenvalue weighted by molar-refractivity contribution is 6.39. The molecule has 1 aliphatic heterocycles. The molecule has 2 aliphatic rings. The van der Waals surface area contributed by atoms with E-state index >= 15 is 0 Å². The minimum atomic E-state index is 0.316. The highest BCUT2D eigenvalue weighted by Crippen LogP contribution is 2.37. The van der Waals surface area contributed by atoms with Crippen molar-refractivity contribution >= 4 is 28.9 Å². The summed E-state index contributed by atoms with van der Waals surface area (Å²) in [5, 5.41) is 1.41. The van der Waals surface area contributed by atoms with Gasteiger partial charge in [-0.25, -0.2) is 0 Å². The van der Waals surface area contributed by atoms with E-state index in [1.165, 1.54) is 50.5 Å². The van der Waals surface area contributed by atoms with E-state index in [4.69, 9.17) is 27.9 Å². The standard InChI is InChI=1S/C28H38Cl2N2O/c1-28(15-6-3-7-16-28)22-33-21-24(31-17-8-9-18-31)20-32(19-23-11-4-2-5-12-23)27-25(29)13-10-14-26(27)30/h2,4-5,10-14,24H,3,6-9,15-22H2,1H3. The highest BCUT2D eigenvalue weighted by atomic mass is 35.5. The van der Waals surface area contributed by atoms with Gasteiger partial charge in [0.2, 0.25) is 0 Å². The van der Waals surface area contributed by atoms with Crippen molar-refractivity contribution in [3.63, 3.8) is 0 Å². The third-order valence-electron chi connectivity index (χ3n) is 7.38. The maximum Gasteiger partial charge on any atom is 0.0748 e. The van der Waals surface area contributed by atoms with Gasteiger partial charge >= 0.3 is 0 Å². The molecule has 4 rings (SSSR count). The fraction of sp³-hybridized carbons (Fsp3) is 0.571. The number of likely N-dealkylation sites (tertiary alicyclic amines) is 1. The Bertz CT molecular complexity index is 843. The molecule has 0 amide bonds. The number of halogens is 2. The minimum Gasteiger partial charge on any atom is -0.379 e. The summed E-state index contributed by atoms with van der Waals surface area (Å²) in [5.41, 5.74) is 2.52. The van der Waals surface area contributed by atoms with Crippen LogP contribution in [-0.2, 0) is 11.3 Å². The van der Waals surface area contributed by atoms with Crippen molar-refractivity contribution in [3.05, 3.63) is 64.1 Å². The molecule has 1 unspecified atom stereocenters. The van der Waals surface area contributed by atoms with E-state index in [0.29, 0.717) is 21.5 Å². The van der Waals surface area contributed by atoms with E-state index < -0.39 is 0 Å². The summed E-state index contributed by atoms with van der Waals surface area (Å²) in [7, 11) is 0. The molecule has 0 N–H and O–H groups in total. The van der Waals surface area contributed by atoms with Gasteiger partial charge in [-0.05, 0) is 61.9 Å². The molecule has 1 saturated heterocycles. The number of benzene rings is 2. The van der Waals surface area contributed by atoms with Gasteiger partial charge in [0, 0.05) is 13.1 Å². The zero-order chi connectivity index (χ0) is 23.1. The van der Waals surface area contributed by atoms with E-state index in [1.54, 1.807) is 0 Å². The summed E-state index contributed by atoms with van der Waals surface area (Å²) < 4.78 is 6.46. The first-order valence-electron chi connectivity index (χ1n) is 12.6. The van der Waals surface area contributed by atoms with Crippen LogP contribution in [-0.4, -0.2) is 43.8 Å². The molecular weight excluding hydrogens is 451 g/mol. The summed E-state index contributed by atoms with van der Waals surface area (Å²) in [6.07, 6.45) is 9.16. The molecule has 2 aromatic carbocycles. The van der Waals surface area contributed by atoms with Crippen LogP contribution < -0.4 is 4.90 Å². The number of anilines is 1. The van der Waals surface area contributed by atoms with Crippen LogP contribution in [0.25, 0.3) is 0 Å². The fourth-order valence-electron chi connectivity index (χ4n) is 5.46. The number of para-hydroxylation sites is 1. The Morgan fingerprint density at radius 2 is 1.58 bits per heavy atom. The number of nitrogens with zero attached hydrogens (tertiary/aromatic N) is 2. The maximum atomic E-state index is 6.69. The molecule has 0 spiro atoms. The highest BCUT2D eigenvalue weighted by Gasteiger charge is 2.30. The summed E-state index contributed by atoms with van der Waals surface area (Å²) in [5.74, 6) is 0. The molecule has 1 heterocycles. The molecule has 3 nitrogen and oxygen atoms in total. The summed E-state index contributed by atoms with van der Waals surface area (Å²) in [4.78, 5) is 4.96. The van der Waals surface area contributed by atoms with Gasteiger partial charge < -0.3 is 9.64 Å². The number of rotatable bonds is 10. The zero-order valence-corrected chi connectivity index (χ0v) is 21.5. The molecule has 0 radical (unpaired) electrons. The summed E-state index contributed by atoms with van der Waals surface area (Å²) in [6, 6.07) is 16.7. The summed E-state index contributed by atoms with van der Waals surface area (Å²) in [6.45, 7) is 7.91. The van der Waals surface area contributed by atoms with Gasteiger partial charge in [0.1, 0.15) is 0 Å².